The van der Waals surface area contributed by atoms with Crippen LogP contribution in [0.1, 0.15) is 23.3 Å². The number of halogens is 3. The van der Waals surface area contributed by atoms with Gasteiger partial charge in [0.2, 0.25) is 0 Å². The molecular weight excluding hydrogens is 265 g/mol. The average Bonchev–Trinajstić information content (AvgIpc) is 2.84. The third-order valence-electron chi connectivity index (χ3n) is 3.02. The number of hydrogen-bond acceptors (Lipinski definition) is 3. The first-order valence-electron chi connectivity index (χ1n) is 5.35. The molecule has 1 aromatic carbocycles. The predicted molar refractivity (Wildman–Crippen MR) is 55.4 cm³/mol. The van der Waals surface area contributed by atoms with E-state index in [0.29, 0.717) is 11.1 Å². The Morgan fingerprint density at radius 2 is 2.05 bits per heavy atom. The lowest BCUT2D eigenvalue weighted by atomic mass is 9.91. The lowest BCUT2D eigenvalue weighted by molar-refractivity contribution is -0.274. The Morgan fingerprint density at radius 1 is 1.32 bits per heavy atom. The van der Waals surface area contributed by atoms with Gasteiger partial charge in [-0.3, -0.25) is 0 Å². The van der Waals surface area contributed by atoms with Crippen LogP contribution in [0.25, 0.3) is 0 Å². The van der Waals surface area contributed by atoms with Crippen molar-refractivity contribution >= 4 is 5.97 Å². The van der Waals surface area contributed by atoms with Crippen LogP contribution < -0.4 is 4.74 Å². The predicted octanol–water partition coefficient (Wildman–Crippen LogP) is 2.72. The third kappa shape index (κ3) is 1.95. The topological polar surface area (TPSA) is 55.8 Å². The quantitative estimate of drug-likeness (QED) is 0.899. The van der Waals surface area contributed by atoms with Gasteiger partial charge in [-0.25, -0.2) is 4.79 Å². The van der Waals surface area contributed by atoms with Gasteiger partial charge in [-0.15, -0.1) is 13.2 Å². The highest BCUT2D eigenvalue weighted by atomic mass is 19.4. The zero-order valence-corrected chi connectivity index (χ0v) is 9.27. The van der Waals surface area contributed by atoms with Crippen LogP contribution >= 0.6 is 0 Å². The van der Waals surface area contributed by atoms with Gasteiger partial charge in [0.25, 0.3) is 0 Å². The molecule has 2 atom stereocenters. The first kappa shape index (κ1) is 12.0. The summed E-state index contributed by atoms with van der Waals surface area (Å²) in [6.07, 6.45) is -4.69. The van der Waals surface area contributed by atoms with Crippen molar-refractivity contribution in [1.82, 2.24) is 0 Å². The second kappa shape index (κ2) is 3.74. The van der Waals surface area contributed by atoms with E-state index in [1.165, 1.54) is 18.2 Å². The van der Waals surface area contributed by atoms with Gasteiger partial charge >= 0.3 is 12.3 Å². The maximum absolute atomic E-state index is 12.1. The van der Waals surface area contributed by atoms with Gasteiger partial charge in [0.15, 0.2) is 0 Å². The van der Waals surface area contributed by atoms with Crippen LogP contribution in [-0.4, -0.2) is 17.4 Å². The molecular formula is C12H7F3O4. The summed E-state index contributed by atoms with van der Waals surface area (Å²) in [6, 6.07) is 3.77. The molecule has 2 aliphatic heterocycles. The Labute approximate surface area is 105 Å². The number of alkyl halides is 3. The summed E-state index contributed by atoms with van der Waals surface area (Å²) in [5.74, 6) is -1.43. The molecule has 3 rings (SSSR count). The van der Waals surface area contributed by atoms with Gasteiger partial charge in [-0.05, 0) is 29.3 Å². The Bertz CT molecular complexity index is 591. The summed E-state index contributed by atoms with van der Waals surface area (Å²) in [5.41, 5.74) is 1.19. The highest BCUT2D eigenvalue weighted by molar-refractivity contribution is 5.89. The van der Waals surface area contributed by atoms with Crippen LogP contribution in [0.15, 0.2) is 29.8 Å². The van der Waals surface area contributed by atoms with E-state index in [1.807, 2.05) is 0 Å². The summed E-state index contributed by atoms with van der Waals surface area (Å²) in [5, 5.41) is 8.95. The molecule has 4 nitrogen and oxygen atoms in total. The number of fused-ring (bicyclic) bond motifs is 5. The monoisotopic (exact) mass is 272 g/mol. The van der Waals surface area contributed by atoms with Crippen molar-refractivity contribution in [3.63, 3.8) is 0 Å². The highest BCUT2D eigenvalue weighted by Crippen LogP contribution is 2.50. The van der Waals surface area contributed by atoms with Gasteiger partial charge in [-0.1, -0.05) is 6.07 Å². The zero-order valence-electron chi connectivity index (χ0n) is 9.27. The Morgan fingerprint density at radius 3 is 2.68 bits per heavy atom. The Balaban J connectivity index is 1.93. The number of carboxylic acid groups (broad SMARTS) is 1. The smallest absolute Gasteiger partial charge is 0.478 e. The van der Waals surface area contributed by atoms with E-state index in [2.05, 4.69) is 4.74 Å². The minimum atomic E-state index is -4.76. The van der Waals surface area contributed by atoms with Crippen molar-refractivity contribution in [2.75, 3.05) is 0 Å². The fourth-order valence-electron chi connectivity index (χ4n) is 2.33. The number of benzene rings is 1. The van der Waals surface area contributed by atoms with Gasteiger partial charge in [0.05, 0.1) is 5.57 Å². The zero-order chi connectivity index (χ0) is 13.8. The molecule has 0 spiro atoms. The lowest BCUT2D eigenvalue weighted by Gasteiger charge is -2.14. The van der Waals surface area contributed by atoms with Crippen molar-refractivity contribution in [2.45, 2.75) is 18.6 Å². The second-order valence-electron chi connectivity index (χ2n) is 4.20. The van der Waals surface area contributed by atoms with Crippen LogP contribution in [0.4, 0.5) is 13.2 Å². The molecule has 19 heavy (non-hydrogen) atoms. The molecule has 1 aromatic rings. The van der Waals surface area contributed by atoms with E-state index >= 15 is 0 Å². The molecule has 0 amide bonds. The average molecular weight is 272 g/mol. The molecule has 0 saturated carbocycles. The molecule has 2 bridgehead atoms. The summed E-state index contributed by atoms with van der Waals surface area (Å²) < 4.78 is 45.5. The summed E-state index contributed by atoms with van der Waals surface area (Å²) >= 11 is 0. The molecule has 0 radical (unpaired) electrons. The first-order chi connectivity index (χ1) is 8.85. The molecule has 2 unspecified atom stereocenters. The third-order valence-corrected chi connectivity index (χ3v) is 3.02. The minimum absolute atomic E-state index is 0.113. The number of hydrogen-bond donors (Lipinski definition) is 1. The standard InChI is InChI=1S/C12H7F3O4/c13-12(14,15)19-5-1-2-6-7(3-5)9-4-8(11(16)17)10(6)18-9/h1-4,9-10H,(H,16,17). The van der Waals surface area contributed by atoms with Crippen molar-refractivity contribution in [3.05, 3.63) is 41.0 Å². The summed E-state index contributed by atoms with van der Waals surface area (Å²) in [6.45, 7) is 0. The van der Waals surface area contributed by atoms with E-state index in [4.69, 9.17) is 9.84 Å². The first-order valence-corrected chi connectivity index (χ1v) is 5.35. The maximum atomic E-state index is 12.1. The molecule has 2 heterocycles. The van der Waals surface area contributed by atoms with Crippen LogP contribution in [0.2, 0.25) is 0 Å². The van der Waals surface area contributed by atoms with Crippen molar-refractivity contribution in [3.8, 4) is 5.75 Å². The minimum Gasteiger partial charge on any atom is -0.478 e. The Kier molecular flexibility index (Phi) is 2.37. The number of aliphatic carboxylic acids is 1. The SMILES string of the molecule is O=C(O)C1=CC2OC1c1ccc(OC(F)(F)F)cc12. The molecule has 0 saturated heterocycles. The van der Waals surface area contributed by atoms with Gasteiger partial charge in [-0.2, -0.15) is 0 Å². The molecule has 0 aliphatic carbocycles. The van der Waals surface area contributed by atoms with E-state index < -0.39 is 24.5 Å². The number of carbonyl (C=O) groups is 1. The second-order valence-corrected chi connectivity index (χ2v) is 4.20. The van der Waals surface area contributed by atoms with Gasteiger partial charge in [0, 0.05) is 0 Å². The molecule has 1 N–H and O–H groups in total. The molecule has 2 aliphatic rings. The van der Waals surface area contributed by atoms with Crippen LogP contribution in [0.5, 0.6) is 5.75 Å². The number of carboxylic acids is 1. The number of rotatable bonds is 2. The van der Waals surface area contributed by atoms with Crippen molar-refractivity contribution in [2.24, 2.45) is 0 Å². The highest BCUT2D eigenvalue weighted by Gasteiger charge is 2.42. The summed E-state index contributed by atoms with van der Waals surface area (Å²) in [7, 11) is 0. The van der Waals surface area contributed by atoms with Crippen LogP contribution in [0.3, 0.4) is 0 Å². The lowest BCUT2D eigenvalue weighted by Crippen LogP contribution is -2.17. The Hall–Kier alpha value is -2.02. The number of ether oxygens (including phenoxy) is 2. The van der Waals surface area contributed by atoms with E-state index in [1.54, 1.807) is 0 Å². The maximum Gasteiger partial charge on any atom is 0.573 e. The molecule has 100 valence electrons. The van der Waals surface area contributed by atoms with Crippen LogP contribution in [-0.2, 0) is 9.53 Å². The van der Waals surface area contributed by atoms with E-state index in [-0.39, 0.29) is 11.3 Å². The molecule has 7 heteroatoms. The van der Waals surface area contributed by atoms with Crippen molar-refractivity contribution in [1.29, 1.82) is 0 Å². The summed E-state index contributed by atoms with van der Waals surface area (Å²) in [4.78, 5) is 10.9. The molecule has 0 fully saturated rings. The van der Waals surface area contributed by atoms with Crippen LogP contribution in [0, 0.1) is 0 Å². The van der Waals surface area contributed by atoms with E-state index in [0.717, 1.165) is 6.07 Å². The fraction of sp³-hybridized carbons (Fsp3) is 0.250. The normalized spacial score (nSPS) is 24.1. The van der Waals surface area contributed by atoms with E-state index in [9.17, 15) is 18.0 Å². The van der Waals surface area contributed by atoms with Gasteiger partial charge in [0.1, 0.15) is 18.0 Å². The van der Waals surface area contributed by atoms with Crippen molar-refractivity contribution < 1.29 is 32.5 Å². The molecule has 0 aromatic heterocycles. The fourth-order valence-corrected chi connectivity index (χ4v) is 2.33. The largest absolute Gasteiger partial charge is 0.573 e. The van der Waals surface area contributed by atoms with Gasteiger partial charge < -0.3 is 14.6 Å².